The maximum absolute atomic E-state index is 13.7. The van der Waals surface area contributed by atoms with Crippen molar-refractivity contribution in [3.8, 4) is 0 Å². The van der Waals surface area contributed by atoms with Gasteiger partial charge in [0.2, 0.25) is 5.91 Å². The lowest BCUT2D eigenvalue weighted by molar-refractivity contribution is -0.160. The molecule has 0 bridgehead atoms. The molecule has 0 spiro atoms. The van der Waals surface area contributed by atoms with E-state index in [2.05, 4.69) is 0 Å². The quantitative estimate of drug-likeness (QED) is 0.733. The molecule has 3 rings (SSSR count). The van der Waals surface area contributed by atoms with Crippen LogP contribution in [0.1, 0.15) is 18.0 Å². The second-order valence-electron chi connectivity index (χ2n) is 7.34. The van der Waals surface area contributed by atoms with E-state index < -0.39 is 30.4 Å². The summed E-state index contributed by atoms with van der Waals surface area (Å²) < 4.78 is 51.4. The van der Waals surface area contributed by atoms with Crippen molar-refractivity contribution in [3.05, 3.63) is 35.6 Å². The van der Waals surface area contributed by atoms with Gasteiger partial charge in [-0.05, 0) is 17.7 Å². The zero-order valence-corrected chi connectivity index (χ0v) is 15.0. The van der Waals surface area contributed by atoms with E-state index in [1.54, 1.807) is 25.1 Å². The van der Waals surface area contributed by atoms with Crippen molar-refractivity contribution in [2.45, 2.75) is 18.6 Å². The summed E-state index contributed by atoms with van der Waals surface area (Å²) in [6.07, 6.45) is -6.04. The Labute approximate surface area is 154 Å². The van der Waals surface area contributed by atoms with Crippen LogP contribution in [0.5, 0.6) is 0 Å². The first-order valence-corrected chi connectivity index (χ1v) is 8.64. The van der Waals surface area contributed by atoms with Crippen molar-refractivity contribution >= 4 is 11.9 Å². The van der Waals surface area contributed by atoms with Gasteiger partial charge in [-0.1, -0.05) is 12.1 Å². The molecule has 0 unspecified atom stereocenters. The number of benzene rings is 1. The lowest BCUT2D eigenvalue weighted by Crippen LogP contribution is -2.42. The van der Waals surface area contributed by atoms with Gasteiger partial charge in [-0.15, -0.1) is 0 Å². The molecule has 3 atom stereocenters. The van der Waals surface area contributed by atoms with E-state index in [1.807, 2.05) is 0 Å². The van der Waals surface area contributed by atoms with Gasteiger partial charge < -0.3 is 14.7 Å². The van der Waals surface area contributed by atoms with Crippen LogP contribution >= 0.6 is 0 Å². The predicted octanol–water partition coefficient (Wildman–Crippen LogP) is 2.89. The summed E-state index contributed by atoms with van der Waals surface area (Å²) in [4.78, 5) is 28.8. The van der Waals surface area contributed by atoms with Gasteiger partial charge in [-0.2, -0.15) is 13.2 Å². The standard InChI is InChI=1S/C18H21F4N3O2/c1-23(2)17(27)25-9-12-8-24(15(26)7-18(20,21)22)10-14(12)16(25)11-4-3-5-13(19)6-11/h3-6,12,14,16H,7-10H2,1-2H3/t12-,14-,16+/m1/s1. The summed E-state index contributed by atoms with van der Waals surface area (Å²) >= 11 is 0. The predicted molar refractivity (Wildman–Crippen MR) is 89.2 cm³/mol. The number of nitrogens with zero attached hydrogens (tertiary/aromatic N) is 3. The van der Waals surface area contributed by atoms with Crippen molar-refractivity contribution in [1.29, 1.82) is 0 Å². The van der Waals surface area contributed by atoms with E-state index in [0.29, 0.717) is 12.1 Å². The van der Waals surface area contributed by atoms with Crippen molar-refractivity contribution in [3.63, 3.8) is 0 Å². The largest absolute Gasteiger partial charge is 0.397 e. The van der Waals surface area contributed by atoms with Gasteiger partial charge in [0.15, 0.2) is 0 Å². The minimum absolute atomic E-state index is 0.123. The lowest BCUT2D eigenvalue weighted by Gasteiger charge is -2.32. The number of amides is 3. The van der Waals surface area contributed by atoms with Crippen LogP contribution in [0.15, 0.2) is 24.3 Å². The van der Waals surface area contributed by atoms with Crippen LogP contribution in [0.4, 0.5) is 22.4 Å². The van der Waals surface area contributed by atoms with Crippen LogP contribution in [-0.4, -0.2) is 66.5 Å². The number of fused-ring (bicyclic) bond motifs is 1. The first-order valence-electron chi connectivity index (χ1n) is 8.64. The zero-order valence-electron chi connectivity index (χ0n) is 15.0. The molecule has 0 aliphatic carbocycles. The number of hydrogen-bond donors (Lipinski definition) is 0. The van der Waals surface area contributed by atoms with Crippen LogP contribution in [0.3, 0.4) is 0 Å². The van der Waals surface area contributed by atoms with Gasteiger partial charge in [0.1, 0.15) is 12.2 Å². The Morgan fingerprint density at radius 2 is 1.89 bits per heavy atom. The normalized spacial score (nSPS) is 24.9. The summed E-state index contributed by atoms with van der Waals surface area (Å²) in [5.41, 5.74) is 0.586. The minimum atomic E-state index is -4.55. The molecule has 2 saturated heterocycles. The first-order chi connectivity index (χ1) is 12.6. The van der Waals surface area contributed by atoms with E-state index in [-0.39, 0.29) is 31.0 Å². The highest BCUT2D eigenvalue weighted by Crippen LogP contribution is 2.45. The van der Waals surface area contributed by atoms with E-state index >= 15 is 0 Å². The molecule has 0 N–H and O–H groups in total. The van der Waals surface area contributed by atoms with Gasteiger partial charge in [0.05, 0.1) is 6.04 Å². The Balaban J connectivity index is 1.85. The highest BCUT2D eigenvalue weighted by Gasteiger charge is 2.51. The number of carbonyl (C=O) groups is 2. The average molecular weight is 387 g/mol. The topological polar surface area (TPSA) is 43.9 Å². The van der Waals surface area contributed by atoms with Crippen molar-refractivity contribution in [2.24, 2.45) is 11.8 Å². The van der Waals surface area contributed by atoms with E-state index in [1.165, 1.54) is 28.0 Å². The summed E-state index contributed by atoms with van der Waals surface area (Å²) in [5, 5.41) is 0. The molecule has 0 saturated carbocycles. The summed E-state index contributed by atoms with van der Waals surface area (Å²) in [7, 11) is 3.22. The smallest absolute Gasteiger partial charge is 0.342 e. The van der Waals surface area contributed by atoms with Gasteiger partial charge in [0.25, 0.3) is 0 Å². The molecule has 0 radical (unpaired) electrons. The molecule has 148 valence electrons. The van der Waals surface area contributed by atoms with Crippen molar-refractivity contribution in [1.82, 2.24) is 14.7 Å². The van der Waals surface area contributed by atoms with Crippen LogP contribution in [0.2, 0.25) is 0 Å². The maximum Gasteiger partial charge on any atom is 0.397 e. The lowest BCUT2D eigenvalue weighted by atomic mass is 9.89. The molecular formula is C18H21F4N3O2. The zero-order chi connectivity index (χ0) is 19.9. The Morgan fingerprint density at radius 3 is 2.48 bits per heavy atom. The third kappa shape index (κ3) is 4.01. The Kier molecular flexibility index (Phi) is 5.05. The average Bonchev–Trinajstić information content (AvgIpc) is 3.09. The van der Waals surface area contributed by atoms with Crippen molar-refractivity contribution in [2.75, 3.05) is 33.7 Å². The first kappa shape index (κ1) is 19.4. The number of alkyl halides is 3. The second kappa shape index (κ2) is 7.01. The number of hydrogen-bond acceptors (Lipinski definition) is 2. The fourth-order valence-corrected chi connectivity index (χ4v) is 4.10. The third-order valence-electron chi connectivity index (χ3n) is 5.19. The molecule has 1 aromatic carbocycles. The number of rotatable bonds is 2. The van der Waals surface area contributed by atoms with Gasteiger partial charge >= 0.3 is 12.2 Å². The number of urea groups is 1. The van der Waals surface area contributed by atoms with Crippen LogP contribution < -0.4 is 0 Å². The molecule has 2 aliphatic heterocycles. The summed E-state index contributed by atoms with van der Waals surface area (Å²) in [5.74, 6) is -1.77. The van der Waals surface area contributed by atoms with Crippen LogP contribution in [-0.2, 0) is 4.79 Å². The van der Waals surface area contributed by atoms with Crippen LogP contribution in [0.25, 0.3) is 0 Å². The SMILES string of the molecule is CN(C)C(=O)N1C[C@H]2CN(C(=O)CC(F)(F)F)C[C@H]2[C@@H]1c1cccc(F)c1. The molecule has 2 aliphatic rings. The highest BCUT2D eigenvalue weighted by atomic mass is 19.4. The number of halogens is 4. The molecule has 5 nitrogen and oxygen atoms in total. The van der Waals surface area contributed by atoms with Crippen LogP contribution in [0, 0.1) is 17.7 Å². The van der Waals surface area contributed by atoms with E-state index in [4.69, 9.17) is 0 Å². The number of carbonyl (C=O) groups excluding carboxylic acids is 2. The maximum atomic E-state index is 13.7. The second-order valence-corrected chi connectivity index (χ2v) is 7.34. The molecule has 0 aromatic heterocycles. The van der Waals surface area contributed by atoms with E-state index in [0.717, 1.165) is 0 Å². The highest BCUT2D eigenvalue weighted by molar-refractivity contribution is 5.78. The molecule has 27 heavy (non-hydrogen) atoms. The number of likely N-dealkylation sites (tertiary alicyclic amines) is 2. The molecule has 2 fully saturated rings. The summed E-state index contributed by atoms with van der Waals surface area (Å²) in [6, 6.07) is 5.14. The monoisotopic (exact) mass is 387 g/mol. The van der Waals surface area contributed by atoms with E-state index in [9.17, 15) is 27.2 Å². The minimum Gasteiger partial charge on any atom is -0.342 e. The van der Waals surface area contributed by atoms with Gasteiger partial charge in [-0.25, -0.2) is 9.18 Å². The Hall–Kier alpha value is -2.32. The third-order valence-corrected chi connectivity index (χ3v) is 5.19. The summed E-state index contributed by atoms with van der Waals surface area (Å²) in [6.45, 7) is 0.610. The van der Waals surface area contributed by atoms with Crippen molar-refractivity contribution < 1.29 is 27.2 Å². The molecule has 2 heterocycles. The Bertz CT molecular complexity index is 738. The molecule has 1 aromatic rings. The fraction of sp³-hybridized carbons (Fsp3) is 0.556. The van der Waals surface area contributed by atoms with Gasteiger partial charge in [0, 0.05) is 45.6 Å². The molecule has 9 heteroatoms. The molecular weight excluding hydrogens is 366 g/mol. The fourth-order valence-electron chi connectivity index (χ4n) is 4.10. The Morgan fingerprint density at radius 1 is 1.19 bits per heavy atom. The van der Waals surface area contributed by atoms with Gasteiger partial charge in [-0.3, -0.25) is 4.79 Å². The molecule has 3 amide bonds.